The fraction of sp³-hybridized carbons (Fsp3) is 0.529. The van der Waals surface area contributed by atoms with Crippen LogP contribution in [-0.4, -0.2) is 45.4 Å². The quantitative estimate of drug-likeness (QED) is 0.939. The number of hydrogen-bond donors (Lipinski definition) is 1. The lowest BCUT2D eigenvalue weighted by molar-refractivity contribution is 0.0253. The van der Waals surface area contributed by atoms with E-state index in [1.807, 2.05) is 13.8 Å². The van der Waals surface area contributed by atoms with Crippen LogP contribution in [0.1, 0.15) is 38.5 Å². The highest BCUT2D eigenvalue weighted by Gasteiger charge is 2.28. The minimum absolute atomic E-state index is 0.154. The van der Waals surface area contributed by atoms with E-state index in [2.05, 4.69) is 15.0 Å². The first-order valence-electron chi connectivity index (χ1n) is 7.95. The van der Waals surface area contributed by atoms with Crippen molar-refractivity contribution < 1.29 is 14.0 Å². The van der Waals surface area contributed by atoms with Crippen LogP contribution >= 0.6 is 0 Å². The number of likely N-dealkylation sites (tertiary alicyclic amines) is 1. The van der Waals surface area contributed by atoms with Crippen molar-refractivity contribution in [3.8, 4) is 11.4 Å². The van der Waals surface area contributed by atoms with Crippen LogP contribution < -0.4 is 0 Å². The molecule has 1 fully saturated rings. The van der Waals surface area contributed by atoms with Crippen molar-refractivity contribution in [2.75, 3.05) is 19.6 Å². The Morgan fingerprint density at radius 3 is 3.00 bits per heavy atom. The number of β-amino-alcohol motifs (C(OH)–C–C–N with tert-alkyl or cyclic N) is 1. The van der Waals surface area contributed by atoms with E-state index in [9.17, 15) is 9.50 Å². The lowest BCUT2D eigenvalue weighted by atomic mass is 9.96. The van der Waals surface area contributed by atoms with Gasteiger partial charge in [0.05, 0.1) is 11.5 Å². The van der Waals surface area contributed by atoms with Crippen LogP contribution in [0.4, 0.5) is 4.39 Å². The Kier molecular flexibility index (Phi) is 4.46. The second kappa shape index (κ2) is 6.37. The maximum Gasteiger partial charge on any atom is 0.231 e. The lowest BCUT2D eigenvalue weighted by Crippen LogP contribution is -2.43. The van der Waals surface area contributed by atoms with Gasteiger partial charge in [-0.1, -0.05) is 17.3 Å². The van der Waals surface area contributed by atoms with Crippen LogP contribution in [0.3, 0.4) is 0 Å². The van der Waals surface area contributed by atoms with Crippen LogP contribution in [0.25, 0.3) is 11.4 Å². The number of nitrogens with zero attached hydrogens (tertiary/aromatic N) is 3. The van der Waals surface area contributed by atoms with Crippen LogP contribution in [0.2, 0.25) is 0 Å². The number of piperidine rings is 1. The monoisotopic (exact) mass is 319 g/mol. The van der Waals surface area contributed by atoms with Crippen LogP contribution in [-0.2, 0) is 0 Å². The topological polar surface area (TPSA) is 62.4 Å². The zero-order valence-electron chi connectivity index (χ0n) is 13.5. The second-order valence-electron chi connectivity index (χ2n) is 6.85. The summed E-state index contributed by atoms with van der Waals surface area (Å²) in [4.78, 5) is 6.67. The molecule has 2 heterocycles. The smallest absolute Gasteiger partial charge is 0.231 e. The highest BCUT2D eigenvalue weighted by molar-refractivity contribution is 5.53. The van der Waals surface area contributed by atoms with Gasteiger partial charge in [0, 0.05) is 18.7 Å². The van der Waals surface area contributed by atoms with Crippen molar-refractivity contribution in [3.05, 3.63) is 36.0 Å². The summed E-state index contributed by atoms with van der Waals surface area (Å²) in [5.41, 5.74) is -0.104. The summed E-state index contributed by atoms with van der Waals surface area (Å²) in [6.45, 7) is 5.99. The Morgan fingerprint density at radius 1 is 1.43 bits per heavy atom. The zero-order valence-corrected chi connectivity index (χ0v) is 13.5. The lowest BCUT2D eigenvalue weighted by Gasteiger charge is -2.34. The fourth-order valence-corrected chi connectivity index (χ4v) is 3.09. The van der Waals surface area contributed by atoms with Crippen LogP contribution in [0.15, 0.2) is 28.8 Å². The number of hydrogen-bond acceptors (Lipinski definition) is 5. The van der Waals surface area contributed by atoms with Crippen molar-refractivity contribution >= 4 is 0 Å². The molecule has 23 heavy (non-hydrogen) atoms. The van der Waals surface area contributed by atoms with E-state index in [0.717, 1.165) is 25.9 Å². The standard InChI is InChI=1S/C17H22FN3O2/c1-17(2,22)11-21-8-4-6-13(10-21)16-19-15(20-23-16)12-5-3-7-14(18)9-12/h3,5,7,9,13,22H,4,6,8,10-11H2,1-2H3. The molecular formula is C17H22FN3O2. The molecule has 0 saturated carbocycles. The molecule has 0 amide bonds. The Hall–Kier alpha value is -1.79. The van der Waals surface area contributed by atoms with E-state index < -0.39 is 5.60 Å². The molecule has 1 N–H and O–H groups in total. The molecule has 6 heteroatoms. The number of rotatable bonds is 4. The van der Waals surface area contributed by atoms with E-state index in [1.165, 1.54) is 12.1 Å². The molecule has 1 saturated heterocycles. The van der Waals surface area contributed by atoms with E-state index >= 15 is 0 Å². The van der Waals surface area contributed by atoms with Gasteiger partial charge < -0.3 is 9.63 Å². The van der Waals surface area contributed by atoms with E-state index in [0.29, 0.717) is 23.8 Å². The first kappa shape index (κ1) is 16.1. The Morgan fingerprint density at radius 2 is 2.26 bits per heavy atom. The number of benzene rings is 1. The molecule has 0 aliphatic carbocycles. The van der Waals surface area contributed by atoms with Gasteiger partial charge in [-0.3, -0.25) is 4.90 Å². The van der Waals surface area contributed by atoms with Gasteiger partial charge in [0.2, 0.25) is 11.7 Å². The molecule has 1 aromatic heterocycles. The maximum atomic E-state index is 13.3. The summed E-state index contributed by atoms with van der Waals surface area (Å²) >= 11 is 0. The SMILES string of the molecule is CC(C)(O)CN1CCCC(c2nc(-c3cccc(F)c3)no2)C1. The number of aromatic nitrogens is 2. The van der Waals surface area contributed by atoms with Gasteiger partial charge >= 0.3 is 0 Å². The van der Waals surface area contributed by atoms with E-state index in [-0.39, 0.29) is 11.7 Å². The highest BCUT2D eigenvalue weighted by atomic mass is 19.1. The normalized spacial score (nSPS) is 19.9. The summed E-state index contributed by atoms with van der Waals surface area (Å²) < 4.78 is 18.7. The van der Waals surface area contributed by atoms with E-state index in [4.69, 9.17) is 4.52 Å². The van der Waals surface area contributed by atoms with Crippen molar-refractivity contribution in [3.63, 3.8) is 0 Å². The Balaban J connectivity index is 1.72. The molecule has 1 aliphatic heterocycles. The Labute approximate surface area is 135 Å². The molecule has 0 spiro atoms. The van der Waals surface area contributed by atoms with Gasteiger partial charge in [-0.05, 0) is 45.4 Å². The summed E-state index contributed by atoms with van der Waals surface area (Å²) in [5, 5.41) is 14.0. The number of aliphatic hydroxyl groups is 1. The molecule has 0 bridgehead atoms. The average Bonchev–Trinajstić information content (AvgIpc) is 2.95. The zero-order chi connectivity index (χ0) is 16.4. The largest absolute Gasteiger partial charge is 0.389 e. The molecule has 1 aromatic carbocycles. The molecular weight excluding hydrogens is 297 g/mol. The van der Waals surface area contributed by atoms with Crippen molar-refractivity contribution in [1.82, 2.24) is 15.0 Å². The Bertz CT molecular complexity index is 666. The third kappa shape index (κ3) is 4.14. The highest BCUT2D eigenvalue weighted by Crippen LogP contribution is 2.28. The minimum atomic E-state index is -0.719. The summed E-state index contributed by atoms with van der Waals surface area (Å²) in [5.74, 6) is 0.840. The van der Waals surface area contributed by atoms with Crippen molar-refractivity contribution in [2.24, 2.45) is 0 Å². The van der Waals surface area contributed by atoms with Gasteiger partial charge in [-0.2, -0.15) is 4.98 Å². The summed E-state index contributed by atoms with van der Waals surface area (Å²) in [7, 11) is 0. The first-order valence-corrected chi connectivity index (χ1v) is 7.95. The molecule has 0 radical (unpaired) electrons. The predicted molar refractivity (Wildman–Crippen MR) is 84.4 cm³/mol. The minimum Gasteiger partial charge on any atom is -0.389 e. The van der Waals surface area contributed by atoms with Crippen LogP contribution in [0.5, 0.6) is 0 Å². The summed E-state index contributed by atoms with van der Waals surface area (Å²) in [6, 6.07) is 6.18. The maximum absolute atomic E-state index is 13.3. The van der Waals surface area contributed by atoms with Gasteiger partial charge in [-0.25, -0.2) is 4.39 Å². The second-order valence-corrected chi connectivity index (χ2v) is 6.85. The molecule has 1 aliphatic rings. The molecule has 5 nitrogen and oxygen atoms in total. The third-order valence-electron chi connectivity index (χ3n) is 3.99. The van der Waals surface area contributed by atoms with Gasteiger partial charge in [0.1, 0.15) is 5.82 Å². The van der Waals surface area contributed by atoms with E-state index in [1.54, 1.807) is 12.1 Å². The predicted octanol–water partition coefficient (Wildman–Crippen LogP) is 2.83. The third-order valence-corrected chi connectivity index (χ3v) is 3.99. The first-order chi connectivity index (χ1) is 10.9. The molecule has 1 atom stereocenters. The molecule has 2 aromatic rings. The van der Waals surface area contributed by atoms with Crippen LogP contribution in [0, 0.1) is 5.82 Å². The fourth-order valence-electron chi connectivity index (χ4n) is 3.09. The molecule has 124 valence electrons. The summed E-state index contributed by atoms with van der Waals surface area (Å²) in [6.07, 6.45) is 2.01. The van der Waals surface area contributed by atoms with Crippen molar-refractivity contribution in [2.45, 2.75) is 38.2 Å². The van der Waals surface area contributed by atoms with Gasteiger partial charge in [-0.15, -0.1) is 0 Å². The van der Waals surface area contributed by atoms with Gasteiger partial charge in [0.25, 0.3) is 0 Å². The molecule has 1 unspecified atom stereocenters. The number of halogens is 1. The molecule has 3 rings (SSSR count). The van der Waals surface area contributed by atoms with Gasteiger partial charge in [0.15, 0.2) is 0 Å². The average molecular weight is 319 g/mol. The van der Waals surface area contributed by atoms with Crippen molar-refractivity contribution in [1.29, 1.82) is 0 Å².